The number of rotatable bonds is 6. The van der Waals surface area contributed by atoms with E-state index in [0.717, 1.165) is 25.0 Å². The topological polar surface area (TPSA) is 18.5 Å². The van der Waals surface area contributed by atoms with Gasteiger partial charge in [0, 0.05) is 19.1 Å². The molecule has 0 radical (unpaired) electrons. The molecule has 0 aromatic heterocycles. The van der Waals surface area contributed by atoms with Gasteiger partial charge in [-0.3, -0.25) is 0 Å². The highest BCUT2D eigenvalue weighted by atomic mass is 15.2. The van der Waals surface area contributed by atoms with Gasteiger partial charge in [0.05, 0.1) is 0 Å². The van der Waals surface area contributed by atoms with E-state index in [1.165, 1.54) is 26.1 Å². The number of hydrogen-bond donors (Lipinski definition) is 1. The van der Waals surface area contributed by atoms with Gasteiger partial charge < -0.3 is 15.1 Å². The van der Waals surface area contributed by atoms with Crippen molar-refractivity contribution in [3.63, 3.8) is 0 Å². The highest BCUT2D eigenvalue weighted by Crippen LogP contribution is 2.14. The Kier molecular flexibility index (Phi) is 5.58. The molecule has 1 heterocycles. The maximum Gasteiger partial charge on any atom is 0.0229 e. The normalized spacial score (nSPS) is 25.0. The Hall–Kier alpha value is -0.120. The molecule has 1 aliphatic heterocycles. The first kappa shape index (κ1) is 12.9. The standard InChI is InChI=1S/C12H27N3/c1-5-13-8-11(2)9-15-7-6-12(10-15)14(3)4/h11-13H,5-10H2,1-4H3. The van der Waals surface area contributed by atoms with Crippen LogP contribution in [0.25, 0.3) is 0 Å². The van der Waals surface area contributed by atoms with E-state index in [4.69, 9.17) is 0 Å². The van der Waals surface area contributed by atoms with Crippen LogP contribution in [0.3, 0.4) is 0 Å². The van der Waals surface area contributed by atoms with Crippen LogP contribution in [-0.2, 0) is 0 Å². The summed E-state index contributed by atoms with van der Waals surface area (Å²) in [7, 11) is 4.38. The molecule has 1 rings (SSSR count). The Morgan fingerprint density at radius 2 is 2.20 bits per heavy atom. The summed E-state index contributed by atoms with van der Waals surface area (Å²) in [6, 6.07) is 0.774. The smallest absolute Gasteiger partial charge is 0.0229 e. The highest BCUT2D eigenvalue weighted by molar-refractivity contribution is 4.81. The number of nitrogens with zero attached hydrogens (tertiary/aromatic N) is 2. The van der Waals surface area contributed by atoms with Crippen molar-refractivity contribution < 1.29 is 0 Å². The summed E-state index contributed by atoms with van der Waals surface area (Å²) in [6.07, 6.45) is 1.33. The first-order chi connectivity index (χ1) is 7.13. The van der Waals surface area contributed by atoms with Crippen LogP contribution in [0.5, 0.6) is 0 Å². The summed E-state index contributed by atoms with van der Waals surface area (Å²) in [6.45, 7) is 10.5. The van der Waals surface area contributed by atoms with Gasteiger partial charge in [0.1, 0.15) is 0 Å². The molecule has 1 aliphatic rings. The SMILES string of the molecule is CCNCC(C)CN1CCC(N(C)C)C1. The van der Waals surface area contributed by atoms with Crippen LogP contribution in [0, 0.1) is 5.92 Å². The first-order valence-electron chi connectivity index (χ1n) is 6.23. The maximum atomic E-state index is 3.42. The Labute approximate surface area is 94.8 Å². The fourth-order valence-electron chi connectivity index (χ4n) is 2.30. The van der Waals surface area contributed by atoms with Crippen molar-refractivity contribution in [2.24, 2.45) is 5.92 Å². The third kappa shape index (κ3) is 4.49. The second-order valence-corrected chi connectivity index (χ2v) is 5.08. The van der Waals surface area contributed by atoms with E-state index in [1.54, 1.807) is 0 Å². The minimum Gasteiger partial charge on any atom is -0.317 e. The number of nitrogens with one attached hydrogen (secondary N) is 1. The van der Waals surface area contributed by atoms with Crippen LogP contribution < -0.4 is 5.32 Å². The van der Waals surface area contributed by atoms with E-state index < -0.39 is 0 Å². The molecular weight excluding hydrogens is 186 g/mol. The van der Waals surface area contributed by atoms with E-state index in [0.29, 0.717) is 0 Å². The van der Waals surface area contributed by atoms with Gasteiger partial charge in [-0.1, -0.05) is 13.8 Å². The molecule has 0 bridgehead atoms. The van der Waals surface area contributed by atoms with E-state index in [2.05, 4.69) is 43.1 Å². The van der Waals surface area contributed by atoms with Crippen LogP contribution in [-0.4, -0.2) is 62.7 Å². The molecule has 15 heavy (non-hydrogen) atoms. The van der Waals surface area contributed by atoms with Crippen molar-refractivity contribution in [2.45, 2.75) is 26.3 Å². The van der Waals surface area contributed by atoms with Crippen molar-refractivity contribution in [2.75, 3.05) is 46.8 Å². The molecular formula is C12H27N3. The molecule has 0 aliphatic carbocycles. The fourth-order valence-corrected chi connectivity index (χ4v) is 2.30. The molecule has 90 valence electrons. The van der Waals surface area contributed by atoms with Crippen molar-refractivity contribution in [1.29, 1.82) is 0 Å². The summed E-state index contributed by atoms with van der Waals surface area (Å²) in [5.74, 6) is 0.769. The van der Waals surface area contributed by atoms with Gasteiger partial charge in [0.15, 0.2) is 0 Å². The Morgan fingerprint density at radius 3 is 2.73 bits per heavy atom. The van der Waals surface area contributed by atoms with Gasteiger partial charge in [0.25, 0.3) is 0 Å². The number of likely N-dealkylation sites (N-methyl/N-ethyl adjacent to an activating group) is 1. The minimum absolute atomic E-state index is 0.769. The lowest BCUT2D eigenvalue weighted by molar-refractivity contribution is 0.245. The highest BCUT2D eigenvalue weighted by Gasteiger charge is 2.24. The molecule has 0 aromatic rings. The zero-order valence-corrected chi connectivity index (χ0v) is 10.8. The first-order valence-corrected chi connectivity index (χ1v) is 6.23. The Balaban J connectivity index is 2.17. The molecule has 1 saturated heterocycles. The summed E-state index contributed by atoms with van der Waals surface area (Å²) in [5.41, 5.74) is 0. The average Bonchev–Trinajstić information content (AvgIpc) is 2.63. The van der Waals surface area contributed by atoms with E-state index in [-0.39, 0.29) is 0 Å². The molecule has 1 fully saturated rings. The zero-order chi connectivity index (χ0) is 11.3. The lowest BCUT2D eigenvalue weighted by atomic mass is 10.1. The Bertz CT molecular complexity index is 170. The average molecular weight is 213 g/mol. The lowest BCUT2D eigenvalue weighted by Gasteiger charge is -2.23. The summed E-state index contributed by atoms with van der Waals surface area (Å²) in [4.78, 5) is 4.96. The van der Waals surface area contributed by atoms with Gasteiger partial charge in [-0.2, -0.15) is 0 Å². The minimum atomic E-state index is 0.769. The number of hydrogen-bond acceptors (Lipinski definition) is 3. The van der Waals surface area contributed by atoms with Crippen LogP contribution >= 0.6 is 0 Å². The molecule has 1 N–H and O–H groups in total. The van der Waals surface area contributed by atoms with Gasteiger partial charge >= 0.3 is 0 Å². The molecule has 2 atom stereocenters. The molecule has 0 aromatic carbocycles. The predicted octanol–water partition coefficient (Wildman–Crippen LogP) is 0.868. The number of likely N-dealkylation sites (tertiary alicyclic amines) is 1. The maximum absolute atomic E-state index is 3.42. The van der Waals surface area contributed by atoms with Crippen molar-refractivity contribution in [3.05, 3.63) is 0 Å². The van der Waals surface area contributed by atoms with E-state index in [1.807, 2.05) is 0 Å². The molecule has 0 spiro atoms. The largest absolute Gasteiger partial charge is 0.317 e. The van der Waals surface area contributed by atoms with E-state index >= 15 is 0 Å². The monoisotopic (exact) mass is 213 g/mol. The third-order valence-corrected chi connectivity index (χ3v) is 3.29. The van der Waals surface area contributed by atoms with Gasteiger partial charge in [-0.05, 0) is 46.1 Å². The third-order valence-electron chi connectivity index (χ3n) is 3.29. The quantitative estimate of drug-likeness (QED) is 0.706. The van der Waals surface area contributed by atoms with Gasteiger partial charge in [-0.25, -0.2) is 0 Å². The molecule has 0 saturated carbocycles. The summed E-state index contributed by atoms with van der Waals surface area (Å²) in [5, 5.41) is 3.42. The summed E-state index contributed by atoms with van der Waals surface area (Å²) >= 11 is 0. The van der Waals surface area contributed by atoms with Crippen LogP contribution in [0.15, 0.2) is 0 Å². The van der Waals surface area contributed by atoms with Crippen molar-refractivity contribution in [3.8, 4) is 0 Å². The predicted molar refractivity (Wildman–Crippen MR) is 66.2 cm³/mol. The lowest BCUT2D eigenvalue weighted by Crippen LogP contribution is -2.35. The van der Waals surface area contributed by atoms with Crippen molar-refractivity contribution in [1.82, 2.24) is 15.1 Å². The van der Waals surface area contributed by atoms with Gasteiger partial charge in [-0.15, -0.1) is 0 Å². The van der Waals surface area contributed by atoms with Crippen LogP contribution in [0.2, 0.25) is 0 Å². The second-order valence-electron chi connectivity index (χ2n) is 5.08. The second kappa shape index (κ2) is 6.46. The van der Waals surface area contributed by atoms with Gasteiger partial charge in [0.2, 0.25) is 0 Å². The Morgan fingerprint density at radius 1 is 1.47 bits per heavy atom. The van der Waals surface area contributed by atoms with Crippen LogP contribution in [0.1, 0.15) is 20.3 Å². The molecule has 3 heteroatoms. The molecule has 0 amide bonds. The van der Waals surface area contributed by atoms with Crippen molar-refractivity contribution >= 4 is 0 Å². The fraction of sp³-hybridized carbons (Fsp3) is 1.00. The molecule has 3 nitrogen and oxygen atoms in total. The van der Waals surface area contributed by atoms with Crippen LogP contribution in [0.4, 0.5) is 0 Å². The zero-order valence-electron chi connectivity index (χ0n) is 10.8. The van der Waals surface area contributed by atoms with E-state index in [9.17, 15) is 0 Å². The molecule has 2 unspecified atom stereocenters. The summed E-state index contributed by atoms with van der Waals surface area (Å²) < 4.78 is 0.